The number of thioether (sulfide) groups is 1. The van der Waals surface area contributed by atoms with Crippen LogP contribution in [0.2, 0.25) is 0 Å². The predicted molar refractivity (Wildman–Crippen MR) is 60.9 cm³/mol. The molecular weight excluding hydrogens is 224 g/mol. The highest BCUT2D eigenvalue weighted by Crippen LogP contribution is 1.99. The van der Waals surface area contributed by atoms with Gasteiger partial charge in [-0.25, -0.2) is 4.99 Å². The number of carbonyl (C=O) groups excluding carboxylic acids is 1. The minimum absolute atomic E-state index is 0.0173. The van der Waals surface area contributed by atoms with E-state index in [-0.39, 0.29) is 22.6 Å². The van der Waals surface area contributed by atoms with Gasteiger partial charge in [-0.15, -0.1) is 0 Å². The fourth-order valence-corrected chi connectivity index (χ4v) is 0.859. The van der Waals surface area contributed by atoms with Crippen LogP contribution in [0.1, 0.15) is 0 Å². The third kappa shape index (κ3) is 5.00. The second-order valence-corrected chi connectivity index (χ2v) is 3.38. The minimum Gasteiger partial charge on any atom is -0.325 e. The van der Waals surface area contributed by atoms with Crippen LogP contribution in [0.3, 0.4) is 0 Å². The third-order valence-electron chi connectivity index (χ3n) is 1.14. The number of rotatable bonds is 3. The molecule has 0 aromatic heterocycles. The summed E-state index contributed by atoms with van der Waals surface area (Å²) in [5, 5.41) is 9.49. The number of hydrogen-bond donors (Lipinski definition) is 3. The summed E-state index contributed by atoms with van der Waals surface area (Å²) in [4.78, 5) is 14.9. The molecule has 78 valence electrons. The number of hydrogen-bond acceptors (Lipinski definition) is 5. The van der Waals surface area contributed by atoms with E-state index in [4.69, 9.17) is 22.7 Å². The fourth-order valence-electron chi connectivity index (χ4n) is 0.562. The largest absolute Gasteiger partial charge is 0.325 e. The Morgan fingerprint density at radius 1 is 1.79 bits per heavy atom. The summed E-state index contributed by atoms with van der Waals surface area (Å²) in [7, 11) is 0. The van der Waals surface area contributed by atoms with Crippen molar-refractivity contribution < 1.29 is 4.79 Å². The van der Waals surface area contributed by atoms with Crippen LogP contribution in [0.4, 0.5) is 0 Å². The topological polar surface area (TPSA) is 91.3 Å². The van der Waals surface area contributed by atoms with Gasteiger partial charge in [-0.05, 0) is 6.26 Å². The van der Waals surface area contributed by atoms with E-state index >= 15 is 0 Å². The number of amidine groups is 1. The molecule has 0 aromatic rings. The first kappa shape index (κ1) is 13.2. The molecule has 5 nitrogen and oxygen atoms in total. The van der Waals surface area contributed by atoms with Crippen molar-refractivity contribution in [1.82, 2.24) is 5.32 Å². The maximum Gasteiger partial charge on any atom is 0.272 e. The van der Waals surface area contributed by atoms with Crippen molar-refractivity contribution in [3.63, 3.8) is 0 Å². The number of carbonyl (C=O) groups is 1. The number of aliphatic imine (C=N–C) groups is 1. The van der Waals surface area contributed by atoms with Crippen molar-refractivity contribution in [2.75, 3.05) is 12.8 Å². The van der Waals surface area contributed by atoms with Crippen molar-refractivity contribution in [3.8, 4) is 0 Å². The van der Waals surface area contributed by atoms with Gasteiger partial charge >= 0.3 is 0 Å². The minimum atomic E-state index is -0.534. The summed E-state index contributed by atoms with van der Waals surface area (Å²) in [6, 6.07) is 0. The number of halogens is 1. The second-order valence-electron chi connectivity index (χ2n) is 2.13. The van der Waals surface area contributed by atoms with Crippen LogP contribution in [0.5, 0.6) is 0 Å². The van der Waals surface area contributed by atoms with Crippen LogP contribution in [0.25, 0.3) is 0 Å². The Hall–Kier alpha value is -0.850. The summed E-state index contributed by atoms with van der Waals surface area (Å²) in [6.07, 6.45) is 1.67. The molecule has 1 amide bonds. The van der Waals surface area contributed by atoms with Crippen LogP contribution in [-0.4, -0.2) is 29.6 Å². The quantitative estimate of drug-likeness (QED) is 0.378. The van der Waals surface area contributed by atoms with Gasteiger partial charge in [0, 0.05) is 6.54 Å². The van der Waals surface area contributed by atoms with E-state index in [2.05, 4.69) is 16.9 Å². The maximum absolute atomic E-state index is 11.3. The zero-order valence-electron chi connectivity index (χ0n) is 7.63. The molecule has 0 atom stereocenters. The van der Waals surface area contributed by atoms with Crippen LogP contribution in [-0.2, 0) is 4.79 Å². The van der Waals surface area contributed by atoms with E-state index in [0.717, 1.165) is 11.8 Å². The first-order chi connectivity index (χ1) is 6.51. The third-order valence-corrected chi connectivity index (χ3v) is 1.74. The normalized spacial score (nSPS) is 10.9. The van der Waals surface area contributed by atoms with Crippen molar-refractivity contribution in [1.29, 1.82) is 5.41 Å². The first-order valence-corrected chi connectivity index (χ1v) is 5.17. The van der Waals surface area contributed by atoms with Crippen molar-refractivity contribution in [2.24, 2.45) is 10.7 Å². The highest BCUT2D eigenvalue weighted by molar-refractivity contribution is 8.13. The molecule has 0 rings (SSSR count). The Kier molecular flexibility index (Phi) is 6.18. The van der Waals surface area contributed by atoms with Crippen molar-refractivity contribution >= 4 is 40.1 Å². The Morgan fingerprint density at radius 3 is 2.71 bits per heavy atom. The molecule has 4 N–H and O–H groups in total. The molecule has 0 aliphatic carbocycles. The van der Waals surface area contributed by atoms with E-state index in [9.17, 15) is 4.79 Å². The zero-order chi connectivity index (χ0) is 11.1. The smallest absolute Gasteiger partial charge is 0.272 e. The van der Waals surface area contributed by atoms with Crippen LogP contribution < -0.4 is 11.1 Å². The van der Waals surface area contributed by atoms with Crippen LogP contribution in [0.15, 0.2) is 16.7 Å². The second kappa shape index (κ2) is 6.58. The van der Waals surface area contributed by atoms with E-state index in [1.54, 1.807) is 6.26 Å². The van der Waals surface area contributed by atoms with Gasteiger partial charge in [0.15, 0.2) is 5.17 Å². The van der Waals surface area contributed by atoms with Gasteiger partial charge in [-0.2, -0.15) is 0 Å². The Balaban J connectivity index is 4.48. The zero-order valence-corrected chi connectivity index (χ0v) is 9.21. The summed E-state index contributed by atoms with van der Waals surface area (Å²) in [5.74, 6) is -0.534. The Morgan fingerprint density at radius 2 is 2.36 bits per heavy atom. The molecule has 0 aliphatic heterocycles. The van der Waals surface area contributed by atoms with Gasteiger partial charge in [-0.3, -0.25) is 10.2 Å². The lowest BCUT2D eigenvalue weighted by Crippen LogP contribution is -2.37. The predicted octanol–water partition coefficient (Wildman–Crippen LogP) is 0.510. The van der Waals surface area contributed by atoms with E-state index in [1.807, 2.05) is 0 Å². The van der Waals surface area contributed by atoms with Crippen LogP contribution in [0, 0.1) is 5.41 Å². The van der Waals surface area contributed by atoms with Gasteiger partial charge in [0.1, 0.15) is 10.9 Å². The highest BCUT2D eigenvalue weighted by Gasteiger charge is 2.10. The summed E-state index contributed by atoms with van der Waals surface area (Å²) >= 11 is 6.49. The van der Waals surface area contributed by atoms with E-state index in [0.29, 0.717) is 0 Å². The lowest BCUT2D eigenvalue weighted by Gasteiger charge is -2.04. The van der Waals surface area contributed by atoms with Crippen LogP contribution >= 0.6 is 23.4 Å². The van der Waals surface area contributed by atoms with Gasteiger partial charge in [0.25, 0.3) is 5.91 Å². The van der Waals surface area contributed by atoms with Gasteiger partial charge in [-0.1, -0.05) is 29.9 Å². The molecule has 0 aliphatic rings. The molecule has 0 spiro atoms. The molecule has 0 heterocycles. The SMILES string of the molecule is C=C(Cl)/N=C(\CN)C(=O)NC(=N)SC. The molecule has 7 heteroatoms. The molecule has 0 saturated heterocycles. The van der Waals surface area contributed by atoms with E-state index < -0.39 is 5.91 Å². The molecule has 0 bridgehead atoms. The lowest BCUT2D eigenvalue weighted by atomic mass is 10.3. The monoisotopic (exact) mass is 234 g/mol. The lowest BCUT2D eigenvalue weighted by molar-refractivity contribution is -0.113. The number of nitrogens with one attached hydrogen (secondary N) is 2. The number of nitrogens with zero attached hydrogens (tertiary/aromatic N) is 1. The summed E-state index contributed by atoms with van der Waals surface area (Å²) in [5.41, 5.74) is 5.32. The number of nitrogens with two attached hydrogens (primary N) is 1. The van der Waals surface area contributed by atoms with Gasteiger partial charge in [0.05, 0.1) is 0 Å². The molecule has 14 heavy (non-hydrogen) atoms. The van der Waals surface area contributed by atoms with Gasteiger partial charge < -0.3 is 11.1 Å². The molecule has 0 unspecified atom stereocenters. The molecule has 0 saturated carbocycles. The first-order valence-electron chi connectivity index (χ1n) is 3.57. The van der Waals surface area contributed by atoms with Gasteiger partial charge in [0.2, 0.25) is 0 Å². The Labute approximate surface area is 91.3 Å². The molecule has 0 aromatic carbocycles. The Bertz CT molecular complexity index is 289. The van der Waals surface area contributed by atoms with E-state index in [1.165, 1.54) is 0 Å². The molecular formula is C7H11ClN4OS. The number of amides is 1. The summed E-state index contributed by atoms with van der Waals surface area (Å²) in [6.45, 7) is 3.25. The molecule has 0 radical (unpaired) electrons. The maximum atomic E-state index is 11.3. The summed E-state index contributed by atoms with van der Waals surface area (Å²) < 4.78 is 0. The average molecular weight is 235 g/mol. The average Bonchev–Trinajstić information content (AvgIpc) is 2.13. The van der Waals surface area contributed by atoms with Crippen molar-refractivity contribution in [3.05, 3.63) is 11.7 Å². The van der Waals surface area contributed by atoms with Crippen molar-refractivity contribution in [2.45, 2.75) is 0 Å². The molecule has 0 fully saturated rings. The highest BCUT2D eigenvalue weighted by atomic mass is 35.5. The fraction of sp³-hybridized carbons (Fsp3) is 0.286. The standard InChI is InChI=1S/C7H11ClN4OS/c1-4(8)11-5(3-9)6(13)12-7(10)14-2/h1,3,9H2,2H3,(H2,10,12,13)/b11-5+.